The maximum absolute atomic E-state index is 13.1. The lowest BCUT2D eigenvalue weighted by Crippen LogP contribution is -2.24. The lowest BCUT2D eigenvalue weighted by Gasteiger charge is -2.05. The Morgan fingerprint density at radius 2 is 1.83 bits per heavy atom. The number of amides is 1. The summed E-state index contributed by atoms with van der Waals surface area (Å²) < 4.78 is 20.2. The number of ether oxygens (including phenoxy) is 1. The van der Waals surface area contributed by atoms with Crippen molar-refractivity contribution in [2.45, 2.75) is 19.9 Å². The van der Waals surface area contributed by atoms with Crippen LogP contribution in [0.5, 0.6) is 5.75 Å². The van der Waals surface area contributed by atoms with Gasteiger partial charge in [0, 0.05) is 11.9 Å². The van der Waals surface area contributed by atoms with Gasteiger partial charge < -0.3 is 10.1 Å². The minimum absolute atomic E-state index is 0.0857. The van der Waals surface area contributed by atoms with Gasteiger partial charge in [-0.15, -0.1) is 11.3 Å². The molecule has 30 heavy (non-hydrogen) atoms. The quantitative estimate of drug-likeness (QED) is 0.474. The van der Waals surface area contributed by atoms with Gasteiger partial charge in [0.15, 0.2) is 0 Å². The van der Waals surface area contributed by atoms with Crippen LogP contribution in [0.3, 0.4) is 0 Å². The SMILES string of the molecule is COc1ccc(CCNC(=O)c2cc3c(C)nn(Cc4ccc(F)cc4)c3s2)cc1. The summed E-state index contributed by atoms with van der Waals surface area (Å²) in [7, 11) is 1.64. The minimum atomic E-state index is -0.259. The number of nitrogens with one attached hydrogen (secondary N) is 1. The molecular formula is C23H22FN3O2S. The van der Waals surface area contributed by atoms with Crippen LogP contribution in [0.4, 0.5) is 4.39 Å². The van der Waals surface area contributed by atoms with E-state index in [1.54, 1.807) is 19.2 Å². The second-order valence-corrected chi connectivity index (χ2v) is 8.08. The molecule has 0 saturated carbocycles. The van der Waals surface area contributed by atoms with Crippen LogP contribution in [0.25, 0.3) is 10.2 Å². The first-order chi connectivity index (χ1) is 14.5. The minimum Gasteiger partial charge on any atom is -0.497 e. The molecular weight excluding hydrogens is 401 g/mol. The van der Waals surface area contributed by atoms with E-state index < -0.39 is 0 Å². The molecule has 1 N–H and O–H groups in total. The van der Waals surface area contributed by atoms with Gasteiger partial charge in [0.2, 0.25) is 0 Å². The predicted molar refractivity (Wildman–Crippen MR) is 117 cm³/mol. The fourth-order valence-electron chi connectivity index (χ4n) is 3.29. The van der Waals surface area contributed by atoms with Gasteiger partial charge in [-0.2, -0.15) is 5.10 Å². The lowest BCUT2D eigenvalue weighted by atomic mass is 10.1. The number of hydrogen-bond acceptors (Lipinski definition) is 4. The second kappa shape index (κ2) is 8.67. The topological polar surface area (TPSA) is 56.1 Å². The van der Waals surface area contributed by atoms with Crippen molar-refractivity contribution in [1.29, 1.82) is 0 Å². The van der Waals surface area contributed by atoms with Gasteiger partial charge in [0.25, 0.3) is 5.91 Å². The van der Waals surface area contributed by atoms with Crippen LogP contribution < -0.4 is 10.1 Å². The van der Waals surface area contributed by atoms with Crippen molar-refractivity contribution in [3.8, 4) is 5.75 Å². The number of halogens is 1. The number of benzene rings is 2. The van der Waals surface area contributed by atoms with Crippen LogP contribution in [0, 0.1) is 12.7 Å². The second-order valence-electron chi connectivity index (χ2n) is 7.05. The van der Waals surface area contributed by atoms with Crippen molar-refractivity contribution in [3.05, 3.63) is 82.1 Å². The molecule has 0 fully saturated rings. The number of aryl methyl sites for hydroxylation is 1. The third-order valence-corrected chi connectivity index (χ3v) is 6.08. The molecule has 0 saturated heterocycles. The molecule has 0 aliphatic heterocycles. The Labute approximate surface area is 178 Å². The highest BCUT2D eigenvalue weighted by Gasteiger charge is 2.16. The van der Waals surface area contributed by atoms with Crippen molar-refractivity contribution in [2.75, 3.05) is 13.7 Å². The molecule has 5 nitrogen and oxygen atoms in total. The van der Waals surface area contributed by atoms with Gasteiger partial charge >= 0.3 is 0 Å². The van der Waals surface area contributed by atoms with Crippen molar-refractivity contribution in [2.24, 2.45) is 0 Å². The molecule has 0 aliphatic rings. The zero-order valence-electron chi connectivity index (χ0n) is 16.8. The smallest absolute Gasteiger partial charge is 0.261 e. The molecule has 2 heterocycles. The summed E-state index contributed by atoms with van der Waals surface area (Å²) in [6.07, 6.45) is 0.748. The van der Waals surface area contributed by atoms with Crippen LogP contribution in [0.15, 0.2) is 54.6 Å². The molecule has 0 unspecified atom stereocenters. The van der Waals surface area contributed by atoms with Crippen LogP contribution in [0.1, 0.15) is 26.5 Å². The number of thiophene rings is 1. The molecule has 2 aromatic heterocycles. The number of methoxy groups -OCH3 is 1. The van der Waals surface area contributed by atoms with Crippen molar-refractivity contribution in [3.63, 3.8) is 0 Å². The summed E-state index contributed by atoms with van der Waals surface area (Å²) in [6, 6.07) is 16.1. The average molecular weight is 424 g/mol. The monoisotopic (exact) mass is 423 g/mol. The number of nitrogens with zero attached hydrogens (tertiary/aromatic N) is 2. The van der Waals surface area contributed by atoms with Gasteiger partial charge in [-0.05, 0) is 54.8 Å². The highest BCUT2D eigenvalue weighted by atomic mass is 32.1. The number of carbonyl (C=O) groups excluding carboxylic acids is 1. The van der Waals surface area contributed by atoms with E-state index in [0.717, 1.165) is 39.2 Å². The first-order valence-corrected chi connectivity index (χ1v) is 10.5. The predicted octanol–water partition coefficient (Wildman–Crippen LogP) is 4.57. The van der Waals surface area contributed by atoms with Crippen molar-refractivity contribution >= 4 is 27.5 Å². The highest BCUT2D eigenvalue weighted by molar-refractivity contribution is 7.20. The number of hydrogen-bond donors (Lipinski definition) is 1. The number of carbonyl (C=O) groups is 1. The maximum Gasteiger partial charge on any atom is 0.261 e. The third kappa shape index (κ3) is 4.36. The van der Waals surface area contributed by atoms with Gasteiger partial charge in [-0.25, -0.2) is 4.39 Å². The molecule has 7 heteroatoms. The van der Waals surface area contributed by atoms with E-state index >= 15 is 0 Å². The normalized spacial score (nSPS) is 11.0. The fraction of sp³-hybridized carbons (Fsp3) is 0.217. The van der Waals surface area contributed by atoms with E-state index in [1.807, 2.05) is 41.9 Å². The van der Waals surface area contributed by atoms with E-state index in [1.165, 1.54) is 23.5 Å². The number of rotatable bonds is 7. The summed E-state index contributed by atoms with van der Waals surface area (Å²) in [5.74, 6) is 0.473. The van der Waals surface area contributed by atoms with Crippen LogP contribution in [-0.2, 0) is 13.0 Å². The van der Waals surface area contributed by atoms with E-state index in [-0.39, 0.29) is 11.7 Å². The first-order valence-electron chi connectivity index (χ1n) is 9.66. The summed E-state index contributed by atoms with van der Waals surface area (Å²) >= 11 is 1.42. The van der Waals surface area contributed by atoms with Gasteiger partial charge in [0.1, 0.15) is 16.4 Å². The Balaban J connectivity index is 1.43. The molecule has 2 aromatic carbocycles. The summed E-state index contributed by atoms with van der Waals surface area (Å²) in [4.78, 5) is 14.2. The summed E-state index contributed by atoms with van der Waals surface area (Å²) in [6.45, 7) is 3.02. The molecule has 4 rings (SSSR count). The van der Waals surface area contributed by atoms with Crippen molar-refractivity contribution in [1.82, 2.24) is 15.1 Å². The zero-order valence-corrected chi connectivity index (χ0v) is 17.6. The summed E-state index contributed by atoms with van der Waals surface area (Å²) in [5.41, 5.74) is 2.97. The van der Waals surface area contributed by atoms with Crippen LogP contribution in [-0.4, -0.2) is 29.3 Å². The Morgan fingerprint density at radius 3 is 2.53 bits per heavy atom. The average Bonchev–Trinajstić information content (AvgIpc) is 3.31. The van der Waals surface area contributed by atoms with Gasteiger partial charge in [-0.3, -0.25) is 9.48 Å². The van der Waals surface area contributed by atoms with E-state index in [9.17, 15) is 9.18 Å². The van der Waals surface area contributed by atoms with E-state index in [2.05, 4.69) is 10.4 Å². The Bertz CT molecular complexity index is 1160. The van der Waals surface area contributed by atoms with Gasteiger partial charge in [0.05, 0.1) is 24.2 Å². The molecule has 154 valence electrons. The summed E-state index contributed by atoms with van der Waals surface area (Å²) in [5, 5.41) is 8.54. The largest absolute Gasteiger partial charge is 0.497 e. The first kappa shape index (κ1) is 20.1. The van der Waals surface area contributed by atoms with Crippen LogP contribution >= 0.6 is 11.3 Å². The molecule has 0 bridgehead atoms. The Hall–Kier alpha value is -3.19. The molecule has 4 aromatic rings. The van der Waals surface area contributed by atoms with Crippen molar-refractivity contribution < 1.29 is 13.9 Å². The molecule has 0 radical (unpaired) electrons. The highest BCUT2D eigenvalue weighted by Crippen LogP contribution is 2.29. The maximum atomic E-state index is 13.1. The molecule has 0 atom stereocenters. The van der Waals surface area contributed by atoms with Gasteiger partial charge in [-0.1, -0.05) is 24.3 Å². The number of aromatic nitrogens is 2. The standard InChI is InChI=1S/C23H22FN3O2S/c1-15-20-13-21(22(28)25-12-11-16-5-9-19(29-2)10-6-16)30-23(20)27(26-15)14-17-3-7-18(24)8-4-17/h3-10,13H,11-12,14H2,1-2H3,(H,25,28). The fourth-order valence-corrected chi connectivity index (χ4v) is 4.37. The van der Waals surface area contributed by atoms with Crippen LogP contribution in [0.2, 0.25) is 0 Å². The lowest BCUT2D eigenvalue weighted by molar-refractivity contribution is 0.0958. The molecule has 1 amide bonds. The molecule has 0 spiro atoms. The van der Waals surface area contributed by atoms with E-state index in [4.69, 9.17) is 4.74 Å². The number of fused-ring (bicyclic) bond motifs is 1. The zero-order chi connectivity index (χ0) is 21.1. The third-order valence-electron chi connectivity index (χ3n) is 4.94. The molecule has 0 aliphatic carbocycles. The Morgan fingerprint density at radius 1 is 1.13 bits per heavy atom. The van der Waals surface area contributed by atoms with E-state index in [0.29, 0.717) is 18.0 Å². The Kier molecular flexibility index (Phi) is 5.81.